The highest BCUT2D eigenvalue weighted by Crippen LogP contribution is 2.36. The van der Waals surface area contributed by atoms with Crippen LogP contribution in [0.15, 0.2) is 0 Å². The second-order valence-electron chi connectivity index (χ2n) is 7.94. The van der Waals surface area contributed by atoms with E-state index in [0.29, 0.717) is 12.6 Å². The summed E-state index contributed by atoms with van der Waals surface area (Å²) in [7, 11) is -1.73. The molecule has 1 aliphatic rings. The summed E-state index contributed by atoms with van der Waals surface area (Å²) >= 11 is 0. The minimum Gasteiger partial charge on any atom is -0.415 e. The smallest absolute Gasteiger partial charge is 0.225 e. The van der Waals surface area contributed by atoms with E-state index in [9.17, 15) is 4.79 Å². The molecule has 1 atom stereocenters. The maximum absolute atomic E-state index is 12.4. The van der Waals surface area contributed by atoms with Gasteiger partial charge in [-0.05, 0) is 31.1 Å². The number of nitrogens with zero attached hydrogens (tertiary/aromatic N) is 1. The van der Waals surface area contributed by atoms with Gasteiger partial charge in [0.2, 0.25) is 5.91 Å². The molecule has 1 heterocycles. The fraction of sp³-hybridized carbons (Fsp3) is 0.938. The number of carbonyl (C=O) groups excluding carboxylic acids is 1. The van der Waals surface area contributed by atoms with Crippen LogP contribution in [0.1, 0.15) is 41.0 Å². The quantitative estimate of drug-likeness (QED) is 0.767. The van der Waals surface area contributed by atoms with Gasteiger partial charge < -0.3 is 14.6 Å². The Morgan fingerprint density at radius 3 is 2.43 bits per heavy atom. The van der Waals surface area contributed by atoms with Crippen molar-refractivity contribution in [2.45, 2.75) is 65.2 Å². The van der Waals surface area contributed by atoms with Crippen LogP contribution in [0.5, 0.6) is 0 Å². The second-order valence-corrected chi connectivity index (χ2v) is 12.8. The summed E-state index contributed by atoms with van der Waals surface area (Å²) < 4.78 is 6.24. The lowest BCUT2D eigenvalue weighted by Gasteiger charge is -2.37. The number of nitrogens with one attached hydrogen (secondary N) is 1. The van der Waals surface area contributed by atoms with Crippen LogP contribution in [0.2, 0.25) is 18.1 Å². The lowest BCUT2D eigenvalue weighted by atomic mass is 10.1. The van der Waals surface area contributed by atoms with Crippen molar-refractivity contribution in [2.75, 3.05) is 26.2 Å². The number of amides is 1. The maximum Gasteiger partial charge on any atom is 0.225 e. The average molecular weight is 315 g/mol. The van der Waals surface area contributed by atoms with Gasteiger partial charge in [0, 0.05) is 25.0 Å². The SMILES string of the molecule is CC(C)C(=O)N(CCO[Si](C)(C)C(C)(C)C)[C@H]1CCNC1. The van der Waals surface area contributed by atoms with Gasteiger partial charge >= 0.3 is 0 Å². The number of rotatable bonds is 6. The summed E-state index contributed by atoms with van der Waals surface area (Å²) in [5.41, 5.74) is 0. The third-order valence-electron chi connectivity index (χ3n) is 4.85. The summed E-state index contributed by atoms with van der Waals surface area (Å²) in [4.78, 5) is 14.5. The van der Waals surface area contributed by atoms with E-state index >= 15 is 0 Å². The van der Waals surface area contributed by atoms with Gasteiger partial charge in [-0.2, -0.15) is 0 Å². The van der Waals surface area contributed by atoms with Crippen LogP contribution in [0.4, 0.5) is 0 Å². The summed E-state index contributed by atoms with van der Waals surface area (Å²) in [6.07, 6.45) is 1.05. The van der Waals surface area contributed by atoms with Crippen molar-refractivity contribution < 1.29 is 9.22 Å². The van der Waals surface area contributed by atoms with E-state index in [1.54, 1.807) is 0 Å². The van der Waals surface area contributed by atoms with E-state index in [0.717, 1.165) is 26.1 Å². The molecule has 0 spiro atoms. The van der Waals surface area contributed by atoms with Crippen molar-refractivity contribution in [2.24, 2.45) is 5.92 Å². The summed E-state index contributed by atoms with van der Waals surface area (Å²) in [6.45, 7) is 18.5. The highest BCUT2D eigenvalue weighted by molar-refractivity contribution is 6.74. The van der Waals surface area contributed by atoms with Gasteiger partial charge in [-0.15, -0.1) is 0 Å². The minimum absolute atomic E-state index is 0.0541. The largest absolute Gasteiger partial charge is 0.415 e. The van der Waals surface area contributed by atoms with Gasteiger partial charge in [0.1, 0.15) is 0 Å². The molecule has 1 fully saturated rings. The molecule has 1 amide bonds. The summed E-state index contributed by atoms with van der Waals surface area (Å²) in [5, 5.41) is 3.57. The molecule has 1 N–H and O–H groups in total. The van der Waals surface area contributed by atoms with Crippen LogP contribution in [0.3, 0.4) is 0 Å². The first-order valence-electron chi connectivity index (χ1n) is 8.21. The molecule has 0 radical (unpaired) electrons. The predicted molar refractivity (Wildman–Crippen MR) is 91.0 cm³/mol. The van der Waals surface area contributed by atoms with E-state index in [4.69, 9.17) is 4.43 Å². The minimum atomic E-state index is -1.73. The molecule has 1 saturated heterocycles. The monoisotopic (exact) mass is 314 g/mol. The molecular formula is C16H34N2O2Si. The molecule has 124 valence electrons. The molecule has 0 aromatic rings. The Kier molecular flexibility index (Phi) is 6.44. The van der Waals surface area contributed by atoms with Crippen LogP contribution in [-0.2, 0) is 9.22 Å². The summed E-state index contributed by atoms with van der Waals surface area (Å²) in [6, 6.07) is 0.336. The molecule has 0 aliphatic carbocycles. The van der Waals surface area contributed by atoms with Crippen molar-refractivity contribution in [3.8, 4) is 0 Å². The zero-order chi connectivity index (χ0) is 16.3. The van der Waals surface area contributed by atoms with Crippen LogP contribution in [0.25, 0.3) is 0 Å². The van der Waals surface area contributed by atoms with E-state index in [1.165, 1.54) is 0 Å². The number of hydrogen-bond donors (Lipinski definition) is 1. The molecule has 5 heteroatoms. The van der Waals surface area contributed by atoms with Crippen molar-refractivity contribution in [1.82, 2.24) is 10.2 Å². The fourth-order valence-electron chi connectivity index (χ4n) is 2.33. The van der Waals surface area contributed by atoms with Crippen molar-refractivity contribution in [3.63, 3.8) is 0 Å². The molecule has 0 aromatic heterocycles. The topological polar surface area (TPSA) is 41.6 Å². The second kappa shape index (κ2) is 7.25. The van der Waals surface area contributed by atoms with Gasteiger partial charge in [-0.1, -0.05) is 34.6 Å². The Hall–Kier alpha value is -0.393. The van der Waals surface area contributed by atoms with Gasteiger partial charge in [0.15, 0.2) is 8.32 Å². The van der Waals surface area contributed by atoms with Gasteiger partial charge in [-0.25, -0.2) is 0 Å². The highest BCUT2D eigenvalue weighted by Gasteiger charge is 2.37. The maximum atomic E-state index is 12.4. The Bertz CT molecular complexity index is 345. The van der Waals surface area contributed by atoms with Crippen LogP contribution >= 0.6 is 0 Å². The van der Waals surface area contributed by atoms with E-state index in [1.807, 2.05) is 18.7 Å². The molecule has 0 saturated carbocycles. The first kappa shape index (κ1) is 18.7. The fourth-order valence-corrected chi connectivity index (χ4v) is 3.36. The molecule has 0 aromatic carbocycles. The molecule has 21 heavy (non-hydrogen) atoms. The standard InChI is InChI=1S/C16H34N2O2Si/c1-13(2)15(19)18(14-8-9-17-12-14)10-11-20-21(6,7)16(3,4)5/h13-14,17H,8-12H2,1-7H3/t14-/m0/s1. The van der Waals surface area contributed by atoms with Crippen LogP contribution in [0, 0.1) is 5.92 Å². The van der Waals surface area contributed by atoms with Crippen molar-refractivity contribution in [1.29, 1.82) is 0 Å². The number of carbonyl (C=O) groups is 1. The molecule has 1 aliphatic heterocycles. The Labute approximate surface area is 131 Å². The Morgan fingerprint density at radius 2 is 2.00 bits per heavy atom. The molecule has 1 rings (SSSR count). The lowest BCUT2D eigenvalue weighted by molar-refractivity contribution is -0.137. The van der Waals surface area contributed by atoms with Gasteiger partial charge in [0.25, 0.3) is 0 Å². The van der Waals surface area contributed by atoms with Crippen molar-refractivity contribution >= 4 is 14.2 Å². The molecule has 0 bridgehead atoms. The van der Waals surface area contributed by atoms with Gasteiger partial charge in [-0.3, -0.25) is 4.79 Å². The molecule has 0 unspecified atom stereocenters. The highest BCUT2D eigenvalue weighted by atomic mass is 28.4. The van der Waals surface area contributed by atoms with E-state index in [-0.39, 0.29) is 16.9 Å². The Morgan fingerprint density at radius 1 is 1.38 bits per heavy atom. The van der Waals surface area contributed by atoms with E-state index < -0.39 is 8.32 Å². The average Bonchev–Trinajstić information content (AvgIpc) is 2.85. The predicted octanol–water partition coefficient (Wildman–Crippen LogP) is 2.85. The van der Waals surface area contributed by atoms with E-state index in [2.05, 4.69) is 39.2 Å². The zero-order valence-corrected chi connectivity index (χ0v) is 16.0. The van der Waals surface area contributed by atoms with Crippen LogP contribution < -0.4 is 5.32 Å². The molecule has 4 nitrogen and oxygen atoms in total. The first-order valence-corrected chi connectivity index (χ1v) is 11.1. The van der Waals surface area contributed by atoms with Crippen LogP contribution in [-0.4, -0.2) is 51.4 Å². The summed E-state index contributed by atoms with van der Waals surface area (Å²) in [5.74, 6) is 0.306. The first-order chi connectivity index (χ1) is 9.56. The van der Waals surface area contributed by atoms with Gasteiger partial charge in [0.05, 0.1) is 6.61 Å². The third-order valence-corrected chi connectivity index (χ3v) is 9.39. The number of hydrogen-bond acceptors (Lipinski definition) is 3. The lowest BCUT2D eigenvalue weighted by Crippen LogP contribution is -2.48. The van der Waals surface area contributed by atoms with Crippen molar-refractivity contribution in [3.05, 3.63) is 0 Å². The zero-order valence-electron chi connectivity index (χ0n) is 15.0. The normalized spacial score (nSPS) is 20.1. The molecular weight excluding hydrogens is 280 g/mol. The third kappa shape index (κ3) is 5.08. The Balaban J connectivity index is 2.60.